The minimum absolute atomic E-state index is 0.725. The molecule has 1 aromatic rings. The highest BCUT2D eigenvalue weighted by atomic mass is 15.1. The predicted octanol–water partition coefficient (Wildman–Crippen LogP) is 1.05. The van der Waals surface area contributed by atoms with E-state index in [1.807, 2.05) is 6.20 Å². The van der Waals surface area contributed by atoms with Crippen molar-refractivity contribution in [2.75, 3.05) is 18.4 Å². The fourth-order valence-corrected chi connectivity index (χ4v) is 1.45. The Labute approximate surface area is 77.9 Å². The summed E-state index contributed by atoms with van der Waals surface area (Å²) in [4.78, 5) is 0. The van der Waals surface area contributed by atoms with Crippen molar-refractivity contribution in [2.45, 2.75) is 25.2 Å². The van der Waals surface area contributed by atoms with Crippen LogP contribution in [0.25, 0.3) is 0 Å². The summed E-state index contributed by atoms with van der Waals surface area (Å²) in [7, 11) is 0. The second kappa shape index (κ2) is 3.79. The highest BCUT2D eigenvalue weighted by Gasteiger charge is 2.27. The molecular formula is C9H16N4. The molecule has 0 bridgehead atoms. The van der Waals surface area contributed by atoms with E-state index in [0.29, 0.717) is 0 Å². The highest BCUT2D eigenvalue weighted by Crippen LogP contribution is 2.41. The van der Waals surface area contributed by atoms with E-state index in [2.05, 4.69) is 15.5 Å². The monoisotopic (exact) mass is 180 g/mol. The fourth-order valence-electron chi connectivity index (χ4n) is 1.45. The number of nitrogens with two attached hydrogens (primary N) is 1. The SMILES string of the molecule is NCCCNc1cn[nH]c1C1CC1. The smallest absolute Gasteiger partial charge is 0.0759 e. The average molecular weight is 180 g/mol. The number of anilines is 1. The molecule has 0 amide bonds. The van der Waals surface area contributed by atoms with E-state index in [1.165, 1.54) is 18.5 Å². The van der Waals surface area contributed by atoms with Gasteiger partial charge >= 0.3 is 0 Å². The minimum atomic E-state index is 0.725. The van der Waals surface area contributed by atoms with E-state index in [4.69, 9.17) is 5.73 Å². The number of nitrogens with one attached hydrogen (secondary N) is 2. The summed E-state index contributed by atoms with van der Waals surface area (Å²) >= 11 is 0. The van der Waals surface area contributed by atoms with E-state index in [9.17, 15) is 0 Å². The first-order valence-electron chi connectivity index (χ1n) is 4.89. The Hall–Kier alpha value is -1.03. The van der Waals surface area contributed by atoms with Gasteiger partial charge in [-0.3, -0.25) is 5.10 Å². The van der Waals surface area contributed by atoms with Crippen molar-refractivity contribution in [3.63, 3.8) is 0 Å². The van der Waals surface area contributed by atoms with Crippen LogP contribution in [0.4, 0.5) is 5.69 Å². The molecule has 0 radical (unpaired) electrons. The van der Waals surface area contributed by atoms with Crippen molar-refractivity contribution < 1.29 is 0 Å². The topological polar surface area (TPSA) is 66.7 Å². The van der Waals surface area contributed by atoms with Gasteiger partial charge in [-0.15, -0.1) is 0 Å². The molecule has 1 aliphatic rings. The third-order valence-corrected chi connectivity index (χ3v) is 2.35. The molecule has 1 aliphatic carbocycles. The number of hydrogen-bond acceptors (Lipinski definition) is 3. The highest BCUT2D eigenvalue weighted by molar-refractivity contribution is 5.48. The maximum absolute atomic E-state index is 5.41. The molecule has 72 valence electrons. The van der Waals surface area contributed by atoms with Gasteiger partial charge in [-0.25, -0.2) is 0 Å². The quantitative estimate of drug-likeness (QED) is 0.593. The molecule has 0 atom stereocenters. The Morgan fingerprint density at radius 2 is 2.46 bits per heavy atom. The number of nitrogens with zero attached hydrogens (tertiary/aromatic N) is 1. The first-order valence-corrected chi connectivity index (χ1v) is 4.89. The summed E-state index contributed by atoms with van der Waals surface area (Å²) in [5, 5.41) is 10.4. The lowest BCUT2D eigenvalue weighted by atomic mass is 10.2. The van der Waals surface area contributed by atoms with Crippen molar-refractivity contribution >= 4 is 5.69 Å². The molecule has 2 rings (SSSR count). The largest absolute Gasteiger partial charge is 0.382 e. The minimum Gasteiger partial charge on any atom is -0.382 e. The lowest BCUT2D eigenvalue weighted by Crippen LogP contribution is -2.08. The van der Waals surface area contributed by atoms with Gasteiger partial charge in [0.2, 0.25) is 0 Å². The summed E-state index contributed by atoms with van der Waals surface area (Å²) in [6.45, 7) is 1.68. The Kier molecular flexibility index (Phi) is 2.49. The third-order valence-electron chi connectivity index (χ3n) is 2.35. The van der Waals surface area contributed by atoms with Crippen LogP contribution >= 0.6 is 0 Å². The third kappa shape index (κ3) is 2.01. The number of rotatable bonds is 5. The zero-order valence-electron chi connectivity index (χ0n) is 7.71. The van der Waals surface area contributed by atoms with E-state index in [0.717, 1.165) is 31.1 Å². The van der Waals surface area contributed by atoms with E-state index >= 15 is 0 Å². The zero-order chi connectivity index (χ0) is 9.10. The fraction of sp³-hybridized carbons (Fsp3) is 0.667. The molecule has 0 aromatic carbocycles. The molecule has 0 aliphatic heterocycles. The molecule has 1 aromatic heterocycles. The zero-order valence-corrected chi connectivity index (χ0v) is 7.71. The summed E-state index contributed by atoms with van der Waals surface area (Å²) in [5.74, 6) is 0.725. The Bertz CT molecular complexity index is 264. The molecule has 0 unspecified atom stereocenters. The average Bonchev–Trinajstić information content (AvgIpc) is 2.88. The van der Waals surface area contributed by atoms with Crippen LogP contribution in [0.3, 0.4) is 0 Å². The molecule has 4 nitrogen and oxygen atoms in total. The Morgan fingerprint density at radius 1 is 1.62 bits per heavy atom. The molecule has 13 heavy (non-hydrogen) atoms. The molecule has 0 spiro atoms. The number of H-pyrrole nitrogens is 1. The molecule has 0 saturated heterocycles. The summed E-state index contributed by atoms with van der Waals surface area (Å²) < 4.78 is 0. The molecule has 1 heterocycles. The molecule has 4 N–H and O–H groups in total. The van der Waals surface area contributed by atoms with Crippen LogP contribution < -0.4 is 11.1 Å². The van der Waals surface area contributed by atoms with Crippen LogP contribution in [0.1, 0.15) is 30.9 Å². The Morgan fingerprint density at radius 3 is 3.15 bits per heavy atom. The summed E-state index contributed by atoms with van der Waals surface area (Å²) in [5.41, 5.74) is 7.85. The van der Waals surface area contributed by atoms with Gasteiger partial charge in [0.05, 0.1) is 17.6 Å². The Balaban J connectivity index is 1.90. The normalized spacial score (nSPS) is 16.1. The van der Waals surface area contributed by atoms with E-state index in [-0.39, 0.29) is 0 Å². The van der Waals surface area contributed by atoms with Crippen molar-refractivity contribution in [2.24, 2.45) is 5.73 Å². The number of aromatic amines is 1. The molecule has 1 saturated carbocycles. The van der Waals surface area contributed by atoms with Gasteiger partial charge in [-0.05, 0) is 25.8 Å². The molecular weight excluding hydrogens is 164 g/mol. The van der Waals surface area contributed by atoms with Crippen molar-refractivity contribution in [3.8, 4) is 0 Å². The van der Waals surface area contributed by atoms with Gasteiger partial charge in [-0.1, -0.05) is 0 Å². The van der Waals surface area contributed by atoms with Crippen molar-refractivity contribution in [1.29, 1.82) is 0 Å². The molecule has 4 heteroatoms. The van der Waals surface area contributed by atoms with Crippen molar-refractivity contribution in [3.05, 3.63) is 11.9 Å². The van der Waals surface area contributed by atoms with Crippen LogP contribution in [0.5, 0.6) is 0 Å². The standard InChI is InChI=1S/C9H16N4/c10-4-1-5-11-8-6-12-13-9(8)7-2-3-7/h6-7,11H,1-5,10H2,(H,12,13). The van der Waals surface area contributed by atoms with Crippen LogP contribution in [0, 0.1) is 0 Å². The van der Waals surface area contributed by atoms with Gasteiger partial charge < -0.3 is 11.1 Å². The van der Waals surface area contributed by atoms with E-state index < -0.39 is 0 Å². The maximum Gasteiger partial charge on any atom is 0.0759 e. The first kappa shape index (κ1) is 8.56. The van der Waals surface area contributed by atoms with Crippen LogP contribution in [-0.2, 0) is 0 Å². The maximum atomic E-state index is 5.41. The van der Waals surface area contributed by atoms with E-state index in [1.54, 1.807) is 0 Å². The van der Waals surface area contributed by atoms with Crippen LogP contribution in [-0.4, -0.2) is 23.3 Å². The number of aromatic nitrogens is 2. The van der Waals surface area contributed by atoms with Gasteiger partial charge in [0.25, 0.3) is 0 Å². The lowest BCUT2D eigenvalue weighted by Gasteiger charge is -2.04. The van der Waals surface area contributed by atoms with Crippen LogP contribution in [0.15, 0.2) is 6.20 Å². The van der Waals surface area contributed by atoms with Crippen LogP contribution in [0.2, 0.25) is 0 Å². The summed E-state index contributed by atoms with van der Waals surface area (Å²) in [6, 6.07) is 0. The summed E-state index contributed by atoms with van der Waals surface area (Å²) in [6.07, 6.45) is 5.47. The van der Waals surface area contributed by atoms with Gasteiger partial charge in [0.15, 0.2) is 0 Å². The lowest BCUT2D eigenvalue weighted by molar-refractivity contribution is 0.871. The van der Waals surface area contributed by atoms with Gasteiger partial charge in [0, 0.05) is 12.5 Å². The molecule has 1 fully saturated rings. The predicted molar refractivity (Wildman–Crippen MR) is 52.7 cm³/mol. The van der Waals surface area contributed by atoms with Gasteiger partial charge in [0.1, 0.15) is 0 Å². The van der Waals surface area contributed by atoms with Gasteiger partial charge in [-0.2, -0.15) is 5.10 Å². The van der Waals surface area contributed by atoms with Crippen molar-refractivity contribution in [1.82, 2.24) is 10.2 Å². The first-order chi connectivity index (χ1) is 6.42. The number of hydrogen-bond donors (Lipinski definition) is 3. The second-order valence-corrected chi connectivity index (χ2v) is 3.54. The second-order valence-electron chi connectivity index (χ2n) is 3.54.